The van der Waals surface area contributed by atoms with Gasteiger partial charge in [-0.2, -0.15) is 0 Å². The molecule has 0 aromatic carbocycles. The lowest BCUT2D eigenvalue weighted by Gasteiger charge is -2.26. The molecule has 0 radical (unpaired) electrons. The summed E-state index contributed by atoms with van der Waals surface area (Å²) < 4.78 is 22.7. The lowest BCUT2D eigenvalue weighted by molar-refractivity contribution is 0.185. The Morgan fingerprint density at radius 2 is 2.25 bits per heavy atom. The van der Waals surface area contributed by atoms with Gasteiger partial charge in [0.05, 0.1) is 17.6 Å². The zero-order valence-corrected chi connectivity index (χ0v) is 10.4. The largest absolute Gasteiger partial charge is 0.392 e. The second kappa shape index (κ2) is 4.60. The van der Waals surface area contributed by atoms with Crippen LogP contribution in [0.2, 0.25) is 0 Å². The van der Waals surface area contributed by atoms with E-state index in [0.717, 1.165) is 19.4 Å². The molecular weight excluding hydrogens is 228 g/mol. The molecule has 0 bridgehead atoms. The van der Waals surface area contributed by atoms with Crippen LogP contribution in [0.5, 0.6) is 0 Å². The maximum absolute atomic E-state index is 11.4. The number of rotatable bonds is 3. The van der Waals surface area contributed by atoms with Crippen molar-refractivity contribution in [3.05, 3.63) is 0 Å². The summed E-state index contributed by atoms with van der Waals surface area (Å²) in [5, 5.41) is 12.6. The summed E-state index contributed by atoms with van der Waals surface area (Å²) in [4.78, 5) is 2.11. The minimum absolute atomic E-state index is 0.157. The summed E-state index contributed by atoms with van der Waals surface area (Å²) in [5.41, 5.74) is 0. The second-order valence-corrected chi connectivity index (χ2v) is 7.22. The van der Waals surface area contributed by atoms with Crippen LogP contribution in [-0.2, 0) is 9.84 Å². The van der Waals surface area contributed by atoms with Crippen LogP contribution in [0.1, 0.15) is 12.8 Å². The van der Waals surface area contributed by atoms with Gasteiger partial charge < -0.3 is 15.3 Å². The first-order valence-corrected chi connectivity index (χ1v) is 7.60. The minimum atomic E-state index is -2.80. The molecule has 3 atom stereocenters. The van der Waals surface area contributed by atoms with Crippen molar-refractivity contribution >= 4 is 9.84 Å². The highest BCUT2D eigenvalue weighted by atomic mass is 32.2. The number of nitrogens with zero attached hydrogens (tertiary/aromatic N) is 1. The summed E-state index contributed by atoms with van der Waals surface area (Å²) in [6.07, 6.45) is 1.27. The predicted octanol–water partition coefficient (Wildman–Crippen LogP) is -1.17. The fourth-order valence-corrected chi connectivity index (χ4v) is 4.36. The summed E-state index contributed by atoms with van der Waals surface area (Å²) >= 11 is 0. The number of hydrogen-bond donors (Lipinski definition) is 2. The molecule has 2 saturated heterocycles. The molecule has 2 aliphatic rings. The van der Waals surface area contributed by atoms with Gasteiger partial charge >= 0.3 is 0 Å². The zero-order chi connectivity index (χ0) is 11.8. The second-order valence-electron chi connectivity index (χ2n) is 4.99. The van der Waals surface area contributed by atoms with Gasteiger partial charge in [0.2, 0.25) is 0 Å². The molecule has 0 aromatic heterocycles. The number of sulfone groups is 1. The highest BCUT2D eigenvalue weighted by Crippen LogP contribution is 2.18. The van der Waals surface area contributed by atoms with Crippen molar-refractivity contribution < 1.29 is 13.5 Å². The van der Waals surface area contributed by atoms with Gasteiger partial charge in [-0.1, -0.05) is 0 Å². The average Bonchev–Trinajstić information content (AvgIpc) is 2.72. The molecule has 0 aromatic rings. The number of nitrogens with one attached hydrogen (secondary N) is 1. The average molecular weight is 248 g/mol. The monoisotopic (exact) mass is 248 g/mol. The Bertz CT molecular complexity index is 344. The fraction of sp³-hybridized carbons (Fsp3) is 1.00. The van der Waals surface area contributed by atoms with Crippen LogP contribution in [0, 0.1) is 0 Å². The van der Waals surface area contributed by atoms with E-state index in [4.69, 9.17) is 0 Å². The Hall–Kier alpha value is -0.170. The van der Waals surface area contributed by atoms with Crippen LogP contribution < -0.4 is 5.32 Å². The third kappa shape index (κ3) is 2.94. The lowest BCUT2D eigenvalue weighted by atomic mass is 10.1. The molecule has 0 aliphatic carbocycles. The van der Waals surface area contributed by atoms with Crippen molar-refractivity contribution in [3.63, 3.8) is 0 Å². The number of β-amino-alcohol motifs (C(OH)–C–C–N with tert-alkyl or cyclic N) is 1. The molecule has 6 heteroatoms. The van der Waals surface area contributed by atoms with Crippen molar-refractivity contribution in [3.8, 4) is 0 Å². The Labute approximate surface area is 96.7 Å². The summed E-state index contributed by atoms with van der Waals surface area (Å²) in [7, 11) is -0.826. The first-order chi connectivity index (χ1) is 7.46. The van der Waals surface area contributed by atoms with Crippen molar-refractivity contribution in [2.45, 2.75) is 31.0 Å². The van der Waals surface area contributed by atoms with Crippen LogP contribution in [0.15, 0.2) is 0 Å². The molecule has 0 saturated carbocycles. The van der Waals surface area contributed by atoms with E-state index >= 15 is 0 Å². The van der Waals surface area contributed by atoms with E-state index in [9.17, 15) is 13.5 Å². The number of hydrogen-bond acceptors (Lipinski definition) is 5. The van der Waals surface area contributed by atoms with Gasteiger partial charge in [0.15, 0.2) is 9.84 Å². The Balaban J connectivity index is 1.82. The van der Waals surface area contributed by atoms with Gasteiger partial charge in [-0.05, 0) is 19.9 Å². The third-order valence-electron chi connectivity index (χ3n) is 3.54. The van der Waals surface area contributed by atoms with Crippen molar-refractivity contribution in [2.24, 2.45) is 0 Å². The van der Waals surface area contributed by atoms with E-state index in [1.807, 2.05) is 7.05 Å². The van der Waals surface area contributed by atoms with Crippen molar-refractivity contribution in [1.82, 2.24) is 10.2 Å². The maximum Gasteiger partial charge on any atom is 0.151 e. The van der Waals surface area contributed by atoms with E-state index in [1.165, 1.54) is 0 Å². The minimum Gasteiger partial charge on any atom is -0.392 e. The van der Waals surface area contributed by atoms with Gasteiger partial charge in [-0.3, -0.25) is 0 Å². The Morgan fingerprint density at radius 3 is 2.75 bits per heavy atom. The van der Waals surface area contributed by atoms with Crippen molar-refractivity contribution in [1.29, 1.82) is 0 Å². The Kier molecular flexibility index (Phi) is 3.53. The van der Waals surface area contributed by atoms with Gasteiger partial charge in [-0.25, -0.2) is 8.42 Å². The Morgan fingerprint density at radius 1 is 1.50 bits per heavy atom. The van der Waals surface area contributed by atoms with Crippen LogP contribution in [0.3, 0.4) is 0 Å². The van der Waals surface area contributed by atoms with Crippen LogP contribution in [-0.4, -0.2) is 68.3 Å². The highest BCUT2D eigenvalue weighted by molar-refractivity contribution is 7.91. The predicted molar refractivity (Wildman–Crippen MR) is 62.1 cm³/mol. The molecule has 0 amide bonds. The van der Waals surface area contributed by atoms with Gasteiger partial charge in [-0.15, -0.1) is 0 Å². The van der Waals surface area contributed by atoms with Crippen LogP contribution in [0.25, 0.3) is 0 Å². The summed E-state index contributed by atoms with van der Waals surface area (Å²) in [5.74, 6) is 0.613. The van der Waals surface area contributed by atoms with Crippen LogP contribution >= 0.6 is 0 Å². The molecule has 2 aliphatic heterocycles. The zero-order valence-electron chi connectivity index (χ0n) is 9.59. The molecule has 2 N–H and O–H groups in total. The molecule has 0 spiro atoms. The molecule has 2 heterocycles. The topological polar surface area (TPSA) is 69.6 Å². The van der Waals surface area contributed by atoms with Crippen molar-refractivity contribution in [2.75, 3.05) is 31.6 Å². The van der Waals surface area contributed by atoms with E-state index in [-0.39, 0.29) is 12.1 Å². The third-order valence-corrected chi connectivity index (χ3v) is 5.29. The normalized spacial score (nSPS) is 38.3. The molecule has 2 rings (SSSR count). The molecule has 16 heavy (non-hydrogen) atoms. The highest BCUT2D eigenvalue weighted by Gasteiger charge is 2.32. The molecule has 94 valence electrons. The van der Waals surface area contributed by atoms with Gasteiger partial charge in [0.1, 0.15) is 0 Å². The lowest BCUT2D eigenvalue weighted by Crippen LogP contribution is -2.41. The van der Waals surface area contributed by atoms with Crippen LogP contribution in [0.4, 0.5) is 0 Å². The molecular formula is C10H20N2O3S. The smallest absolute Gasteiger partial charge is 0.151 e. The molecule has 3 unspecified atom stereocenters. The number of aliphatic hydroxyl groups is 1. The first-order valence-electron chi connectivity index (χ1n) is 5.78. The quantitative estimate of drug-likeness (QED) is 0.658. The number of aliphatic hydroxyl groups excluding tert-OH is 1. The van der Waals surface area contributed by atoms with E-state index in [1.54, 1.807) is 0 Å². The first kappa shape index (κ1) is 12.3. The van der Waals surface area contributed by atoms with Gasteiger partial charge in [0, 0.05) is 25.2 Å². The summed E-state index contributed by atoms with van der Waals surface area (Å²) in [6.45, 7) is 1.47. The van der Waals surface area contributed by atoms with E-state index in [0.29, 0.717) is 24.1 Å². The SMILES string of the molecule is CN(CC1CC(O)CN1)C1CCS(=O)(=O)C1. The molecule has 5 nitrogen and oxygen atoms in total. The maximum atomic E-state index is 11.4. The van der Waals surface area contributed by atoms with Gasteiger partial charge in [0.25, 0.3) is 0 Å². The van der Waals surface area contributed by atoms with E-state index < -0.39 is 9.84 Å². The summed E-state index contributed by atoms with van der Waals surface area (Å²) in [6, 6.07) is 0.452. The van der Waals surface area contributed by atoms with E-state index in [2.05, 4.69) is 10.2 Å². The fourth-order valence-electron chi connectivity index (χ4n) is 2.56. The molecule has 2 fully saturated rings. The standard InChI is InChI=1S/C10H20N2O3S/c1-12(6-8-4-10(13)5-11-8)9-2-3-16(14,15)7-9/h8-11,13H,2-7H2,1H3. The number of likely N-dealkylation sites (N-methyl/N-ethyl adjacent to an activating group) is 1.